The molecule has 1 atom stereocenters. The van der Waals surface area contributed by atoms with Crippen LogP contribution in [0.5, 0.6) is 0 Å². The molecule has 0 bridgehead atoms. The Morgan fingerprint density at radius 1 is 1.53 bits per heavy atom. The molecule has 1 aromatic carbocycles. The highest BCUT2D eigenvalue weighted by atomic mass is 127. The third-order valence-corrected chi connectivity index (χ3v) is 3.47. The summed E-state index contributed by atoms with van der Waals surface area (Å²) in [7, 11) is 0. The van der Waals surface area contributed by atoms with Crippen molar-refractivity contribution in [1.29, 1.82) is 0 Å². The molecule has 0 amide bonds. The van der Waals surface area contributed by atoms with E-state index in [9.17, 15) is 4.39 Å². The second-order valence-electron chi connectivity index (χ2n) is 3.88. The summed E-state index contributed by atoms with van der Waals surface area (Å²) >= 11 is 2.10. The van der Waals surface area contributed by atoms with E-state index in [1.807, 2.05) is 17.0 Å². The monoisotopic (exact) mass is 321 g/mol. The second kappa shape index (κ2) is 4.65. The fraction of sp³-hybridized carbons (Fsp3) is 0.455. The summed E-state index contributed by atoms with van der Waals surface area (Å²) in [4.78, 5) is 2.01. The van der Waals surface area contributed by atoms with Crippen molar-refractivity contribution in [3.63, 3.8) is 0 Å². The quantitative estimate of drug-likeness (QED) is 0.845. The predicted molar refractivity (Wildman–Crippen MR) is 66.5 cm³/mol. The van der Waals surface area contributed by atoms with Gasteiger partial charge < -0.3 is 10.0 Å². The highest BCUT2D eigenvalue weighted by Crippen LogP contribution is 2.27. The highest BCUT2D eigenvalue weighted by Gasteiger charge is 2.23. The summed E-state index contributed by atoms with van der Waals surface area (Å²) in [5.74, 6) is 0.129. The first-order valence-electron chi connectivity index (χ1n) is 5.01. The van der Waals surface area contributed by atoms with Crippen molar-refractivity contribution in [3.05, 3.63) is 27.6 Å². The molecule has 1 unspecified atom stereocenters. The standard InChI is InChI=1S/C11H13FINO/c12-10-5-9(13)1-2-11(10)14-4-3-8(6-14)7-15/h1-2,5,8,15H,3-4,6-7H2. The maximum absolute atomic E-state index is 13.6. The van der Waals surface area contributed by atoms with Crippen molar-refractivity contribution in [2.24, 2.45) is 5.92 Å². The lowest BCUT2D eigenvalue weighted by Crippen LogP contribution is -2.21. The zero-order chi connectivity index (χ0) is 10.8. The van der Waals surface area contributed by atoms with Gasteiger partial charge in [-0.2, -0.15) is 0 Å². The van der Waals surface area contributed by atoms with Gasteiger partial charge in [0, 0.05) is 29.2 Å². The summed E-state index contributed by atoms with van der Waals surface area (Å²) in [6.45, 7) is 1.79. The Morgan fingerprint density at radius 2 is 2.33 bits per heavy atom. The van der Waals surface area contributed by atoms with Crippen LogP contribution >= 0.6 is 22.6 Å². The van der Waals surface area contributed by atoms with E-state index in [-0.39, 0.29) is 12.4 Å². The highest BCUT2D eigenvalue weighted by molar-refractivity contribution is 14.1. The third kappa shape index (κ3) is 2.42. The van der Waals surface area contributed by atoms with Crippen LogP contribution in [0.25, 0.3) is 0 Å². The molecule has 0 aromatic heterocycles. The minimum Gasteiger partial charge on any atom is -0.396 e. The molecule has 2 rings (SSSR count). The maximum Gasteiger partial charge on any atom is 0.147 e. The second-order valence-corrected chi connectivity index (χ2v) is 5.12. The van der Waals surface area contributed by atoms with Gasteiger partial charge in [-0.05, 0) is 47.2 Å². The van der Waals surface area contributed by atoms with Gasteiger partial charge in [-0.1, -0.05) is 0 Å². The molecule has 15 heavy (non-hydrogen) atoms. The molecular weight excluding hydrogens is 308 g/mol. The van der Waals surface area contributed by atoms with E-state index in [0.29, 0.717) is 11.6 Å². The molecule has 1 saturated heterocycles. The van der Waals surface area contributed by atoms with Crippen LogP contribution in [-0.2, 0) is 0 Å². The van der Waals surface area contributed by atoms with Crippen LogP contribution in [-0.4, -0.2) is 24.8 Å². The Labute approximate surface area is 102 Å². The van der Waals surface area contributed by atoms with E-state index in [1.54, 1.807) is 6.07 Å². The summed E-state index contributed by atoms with van der Waals surface area (Å²) in [6, 6.07) is 5.27. The summed E-state index contributed by atoms with van der Waals surface area (Å²) in [6.07, 6.45) is 0.946. The number of anilines is 1. The van der Waals surface area contributed by atoms with Crippen molar-refractivity contribution in [2.75, 3.05) is 24.6 Å². The molecule has 1 aliphatic rings. The van der Waals surface area contributed by atoms with Crippen molar-refractivity contribution in [3.8, 4) is 0 Å². The summed E-state index contributed by atoms with van der Waals surface area (Å²) in [5.41, 5.74) is 0.659. The molecule has 0 radical (unpaired) electrons. The minimum atomic E-state index is -0.166. The van der Waals surface area contributed by atoms with Gasteiger partial charge in [0.25, 0.3) is 0 Å². The zero-order valence-electron chi connectivity index (χ0n) is 8.29. The number of benzene rings is 1. The average Bonchev–Trinajstić information content (AvgIpc) is 2.66. The number of hydrogen-bond donors (Lipinski definition) is 1. The first kappa shape index (κ1) is 11.1. The normalized spacial score (nSPS) is 21.0. The molecule has 1 aliphatic heterocycles. The Kier molecular flexibility index (Phi) is 3.45. The number of rotatable bonds is 2. The van der Waals surface area contributed by atoms with Gasteiger partial charge in [0.05, 0.1) is 5.69 Å². The van der Waals surface area contributed by atoms with Gasteiger partial charge in [-0.25, -0.2) is 4.39 Å². The lowest BCUT2D eigenvalue weighted by molar-refractivity contribution is 0.238. The molecule has 4 heteroatoms. The molecule has 0 aliphatic carbocycles. The Hall–Kier alpha value is -0.360. The molecular formula is C11H13FINO. The molecule has 1 aromatic rings. The largest absolute Gasteiger partial charge is 0.396 e. The molecule has 1 fully saturated rings. The number of nitrogens with zero attached hydrogens (tertiary/aromatic N) is 1. The molecule has 1 heterocycles. The van der Waals surface area contributed by atoms with E-state index >= 15 is 0 Å². The molecule has 82 valence electrons. The SMILES string of the molecule is OCC1CCN(c2ccc(I)cc2F)C1. The van der Waals surface area contributed by atoms with Crippen molar-refractivity contribution < 1.29 is 9.50 Å². The average molecular weight is 321 g/mol. The zero-order valence-corrected chi connectivity index (χ0v) is 10.4. The van der Waals surface area contributed by atoms with Gasteiger partial charge in [0.15, 0.2) is 0 Å². The van der Waals surface area contributed by atoms with E-state index in [1.165, 1.54) is 0 Å². The van der Waals surface area contributed by atoms with Crippen molar-refractivity contribution >= 4 is 28.3 Å². The van der Waals surface area contributed by atoms with Crippen LogP contribution in [0.4, 0.5) is 10.1 Å². The fourth-order valence-electron chi connectivity index (χ4n) is 1.94. The number of hydrogen-bond acceptors (Lipinski definition) is 2. The van der Waals surface area contributed by atoms with Gasteiger partial charge in [-0.15, -0.1) is 0 Å². The van der Waals surface area contributed by atoms with Crippen LogP contribution in [0, 0.1) is 15.3 Å². The number of aliphatic hydroxyl groups is 1. The van der Waals surface area contributed by atoms with Gasteiger partial charge in [0.2, 0.25) is 0 Å². The lowest BCUT2D eigenvalue weighted by atomic mass is 10.1. The third-order valence-electron chi connectivity index (χ3n) is 2.79. The molecule has 1 N–H and O–H groups in total. The summed E-state index contributed by atoms with van der Waals surface area (Å²) in [5, 5.41) is 9.02. The van der Waals surface area contributed by atoms with Crippen LogP contribution in [0.1, 0.15) is 6.42 Å². The maximum atomic E-state index is 13.6. The lowest BCUT2D eigenvalue weighted by Gasteiger charge is -2.19. The number of aliphatic hydroxyl groups excluding tert-OH is 1. The first-order valence-corrected chi connectivity index (χ1v) is 6.09. The smallest absolute Gasteiger partial charge is 0.147 e. The Balaban J connectivity index is 2.17. The first-order chi connectivity index (χ1) is 7.20. The molecule has 0 saturated carbocycles. The Morgan fingerprint density at radius 3 is 2.93 bits per heavy atom. The van der Waals surface area contributed by atoms with Crippen LogP contribution < -0.4 is 4.90 Å². The van der Waals surface area contributed by atoms with Crippen molar-refractivity contribution in [2.45, 2.75) is 6.42 Å². The van der Waals surface area contributed by atoms with Crippen molar-refractivity contribution in [1.82, 2.24) is 0 Å². The predicted octanol–water partition coefficient (Wildman–Crippen LogP) is 2.25. The van der Waals surface area contributed by atoms with Gasteiger partial charge >= 0.3 is 0 Å². The van der Waals surface area contributed by atoms with Crippen LogP contribution in [0.2, 0.25) is 0 Å². The van der Waals surface area contributed by atoms with E-state index in [2.05, 4.69) is 22.6 Å². The Bertz CT molecular complexity index is 358. The van der Waals surface area contributed by atoms with Crippen LogP contribution in [0.15, 0.2) is 18.2 Å². The molecule has 2 nitrogen and oxygen atoms in total. The fourth-order valence-corrected chi connectivity index (χ4v) is 2.39. The minimum absolute atomic E-state index is 0.166. The number of halogens is 2. The van der Waals surface area contributed by atoms with Crippen LogP contribution in [0.3, 0.4) is 0 Å². The summed E-state index contributed by atoms with van der Waals surface area (Å²) < 4.78 is 14.5. The van der Waals surface area contributed by atoms with Gasteiger partial charge in [0.1, 0.15) is 5.82 Å². The topological polar surface area (TPSA) is 23.5 Å². The van der Waals surface area contributed by atoms with E-state index in [0.717, 1.165) is 23.1 Å². The van der Waals surface area contributed by atoms with Gasteiger partial charge in [-0.3, -0.25) is 0 Å². The van der Waals surface area contributed by atoms with E-state index in [4.69, 9.17) is 5.11 Å². The molecule has 0 spiro atoms. The van der Waals surface area contributed by atoms with E-state index < -0.39 is 0 Å².